The lowest BCUT2D eigenvalue weighted by Crippen LogP contribution is -2.38. The highest BCUT2D eigenvalue weighted by molar-refractivity contribution is 5.57. The normalized spacial score (nSPS) is 18.0. The first kappa shape index (κ1) is 16.9. The van der Waals surface area contributed by atoms with Crippen molar-refractivity contribution in [3.63, 3.8) is 0 Å². The molecule has 0 N–H and O–H groups in total. The maximum atomic E-state index is 12.9. The molecule has 4 rings (SSSR count). The lowest BCUT2D eigenvalue weighted by atomic mass is 10.1. The maximum absolute atomic E-state index is 12.9. The third kappa shape index (κ3) is 3.41. The number of hydrogen-bond acceptors (Lipinski definition) is 7. The van der Waals surface area contributed by atoms with Crippen molar-refractivity contribution in [3.05, 3.63) is 58.8 Å². The lowest BCUT2D eigenvalue weighted by Gasteiger charge is -2.21. The summed E-state index contributed by atoms with van der Waals surface area (Å²) in [4.78, 5) is 22.2. The Kier molecular flexibility index (Phi) is 3.94. The highest BCUT2D eigenvalue weighted by atomic mass is 19.1. The quantitative estimate of drug-likeness (QED) is 0.501. The molecule has 0 bridgehead atoms. The summed E-state index contributed by atoms with van der Waals surface area (Å²) in [5.74, 6) is -0.261. The molecule has 0 saturated heterocycles. The molecule has 0 radical (unpaired) electrons. The number of pyridine rings is 2. The summed E-state index contributed by atoms with van der Waals surface area (Å²) in [5.41, 5.74) is 0.628. The highest BCUT2D eigenvalue weighted by Gasteiger charge is 2.41. The van der Waals surface area contributed by atoms with Gasteiger partial charge in [0, 0.05) is 22.8 Å². The van der Waals surface area contributed by atoms with Crippen LogP contribution in [-0.2, 0) is 6.54 Å². The molecule has 1 aliphatic heterocycles. The van der Waals surface area contributed by atoms with E-state index in [4.69, 9.17) is 9.47 Å². The Bertz CT molecular complexity index is 964. The zero-order valence-electron chi connectivity index (χ0n) is 14.2. The van der Waals surface area contributed by atoms with Crippen LogP contribution in [0.2, 0.25) is 0 Å². The van der Waals surface area contributed by atoms with E-state index in [2.05, 4.69) is 15.0 Å². The molecule has 1 atom stereocenters. The second-order valence-electron chi connectivity index (χ2n) is 6.35. The molecule has 3 aromatic heterocycles. The van der Waals surface area contributed by atoms with E-state index < -0.39 is 16.3 Å². The molecule has 4 heterocycles. The molecule has 1 unspecified atom stereocenters. The van der Waals surface area contributed by atoms with Crippen LogP contribution in [0.25, 0.3) is 11.3 Å². The van der Waals surface area contributed by atoms with Crippen molar-refractivity contribution in [2.75, 3.05) is 6.61 Å². The van der Waals surface area contributed by atoms with E-state index in [-0.39, 0.29) is 18.4 Å². The number of imidazole rings is 1. The van der Waals surface area contributed by atoms with Crippen LogP contribution < -0.4 is 9.47 Å². The van der Waals surface area contributed by atoms with Crippen molar-refractivity contribution < 1.29 is 18.8 Å². The molecule has 10 heteroatoms. The van der Waals surface area contributed by atoms with E-state index in [1.807, 2.05) is 6.92 Å². The van der Waals surface area contributed by atoms with Gasteiger partial charge in [0.2, 0.25) is 5.88 Å². The van der Waals surface area contributed by atoms with Crippen molar-refractivity contribution in [3.8, 4) is 23.1 Å². The van der Waals surface area contributed by atoms with E-state index in [0.717, 1.165) is 11.8 Å². The lowest BCUT2D eigenvalue weighted by molar-refractivity contribution is -0.389. The molecule has 1 aliphatic rings. The van der Waals surface area contributed by atoms with Gasteiger partial charge in [0.25, 0.3) is 0 Å². The second-order valence-corrected chi connectivity index (χ2v) is 6.35. The summed E-state index contributed by atoms with van der Waals surface area (Å²) in [5, 5.41) is 10.7. The number of ether oxygens (including phenoxy) is 2. The fourth-order valence-corrected chi connectivity index (χ4v) is 2.75. The number of hydrogen-bond donors (Lipinski definition) is 0. The summed E-state index contributed by atoms with van der Waals surface area (Å²) in [6, 6.07) is 6.55. The Morgan fingerprint density at radius 1 is 1.33 bits per heavy atom. The number of rotatable bonds is 5. The van der Waals surface area contributed by atoms with Crippen LogP contribution in [0.1, 0.15) is 6.92 Å². The standard InChI is InChI=1S/C17H14FN5O4/c1-17(9-22-8-14(23(24)25)21-16(22)27-17)10-26-15-5-2-11(6-20-15)13-4-3-12(18)7-19-13/h2-8H,9-10H2,1H3. The molecular weight excluding hydrogens is 357 g/mol. The fraction of sp³-hybridized carbons (Fsp3) is 0.235. The molecule has 0 aromatic carbocycles. The first-order valence-corrected chi connectivity index (χ1v) is 8.03. The average Bonchev–Trinajstić information content (AvgIpc) is 3.17. The van der Waals surface area contributed by atoms with E-state index in [1.54, 1.807) is 29.0 Å². The minimum absolute atomic E-state index is 0.186. The van der Waals surface area contributed by atoms with Gasteiger partial charge in [-0.25, -0.2) is 9.37 Å². The summed E-state index contributed by atoms with van der Waals surface area (Å²) < 4.78 is 25.9. The van der Waals surface area contributed by atoms with Crippen molar-refractivity contribution in [2.45, 2.75) is 19.1 Å². The SMILES string of the molecule is CC1(COc2ccc(-c3ccc(F)cn3)cn2)Cn2cc([N+](=O)[O-])nc2O1. The molecular formula is C17H14FN5O4. The number of nitro groups is 1. The van der Waals surface area contributed by atoms with Gasteiger partial charge in [0.1, 0.15) is 18.6 Å². The predicted molar refractivity (Wildman–Crippen MR) is 90.8 cm³/mol. The third-order valence-corrected chi connectivity index (χ3v) is 4.04. The van der Waals surface area contributed by atoms with Gasteiger partial charge in [0.15, 0.2) is 5.60 Å². The van der Waals surface area contributed by atoms with E-state index in [0.29, 0.717) is 18.1 Å². The molecule has 0 amide bonds. The molecule has 9 nitrogen and oxygen atoms in total. The highest BCUT2D eigenvalue weighted by Crippen LogP contribution is 2.31. The minimum atomic E-state index is -0.712. The van der Waals surface area contributed by atoms with Gasteiger partial charge < -0.3 is 19.6 Å². The summed E-state index contributed by atoms with van der Waals surface area (Å²) in [6.45, 7) is 2.39. The van der Waals surface area contributed by atoms with Crippen LogP contribution in [0.5, 0.6) is 11.9 Å². The van der Waals surface area contributed by atoms with Gasteiger partial charge in [-0.1, -0.05) is 0 Å². The maximum Gasteiger partial charge on any atom is 0.415 e. The second kappa shape index (κ2) is 6.31. The van der Waals surface area contributed by atoms with E-state index >= 15 is 0 Å². The summed E-state index contributed by atoms with van der Waals surface area (Å²) >= 11 is 0. The molecule has 27 heavy (non-hydrogen) atoms. The van der Waals surface area contributed by atoms with Crippen LogP contribution in [-0.4, -0.2) is 36.7 Å². The first-order chi connectivity index (χ1) is 12.9. The van der Waals surface area contributed by atoms with Gasteiger partial charge in [-0.2, -0.15) is 0 Å². The van der Waals surface area contributed by atoms with Crippen molar-refractivity contribution in [2.24, 2.45) is 0 Å². The Balaban J connectivity index is 1.39. The number of halogens is 1. The molecule has 0 fully saturated rings. The number of aromatic nitrogens is 4. The van der Waals surface area contributed by atoms with Gasteiger partial charge in [0.05, 0.1) is 18.4 Å². The monoisotopic (exact) mass is 371 g/mol. The number of nitrogens with zero attached hydrogens (tertiary/aromatic N) is 5. The first-order valence-electron chi connectivity index (χ1n) is 8.03. The molecule has 0 aliphatic carbocycles. The average molecular weight is 371 g/mol. The van der Waals surface area contributed by atoms with Gasteiger partial charge in [-0.3, -0.25) is 9.55 Å². The number of fused-ring (bicyclic) bond motifs is 1. The smallest absolute Gasteiger partial charge is 0.415 e. The van der Waals surface area contributed by atoms with Crippen LogP contribution in [0, 0.1) is 15.9 Å². The van der Waals surface area contributed by atoms with Crippen molar-refractivity contribution in [1.82, 2.24) is 19.5 Å². The zero-order chi connectivity index (χ0) is 19.0. The van der Waals surface area contributed by atoms with Gasteiger partial charge in [-0.15, -0.1) is 0 Å². The summed E-state index contributed by atoms with van der Waals surface area (Å²) in [7, 11) is 0. The van der Waals surface area contributed by atoms with Gasteiger partial charge >= 0.3 is 11.8 Å². The zero-order valence-corrected chi connectivity index (χ0v) is 14.2. The van der Waals surface area contributed by atoms with Crippen LogP contribution >= 0.6 is 0 Å². The van der Waals surface area contributed by atoms with Crippen molar-refractivity contribution >= 4 is 5.82 Å². The third-order valence-electron chi connectivity index (χ3n) is 4.04. The summed E-state index contributed by atoms with van der Waals surface area (Å²) in [6.07, 6.45) is 4.07. The fourth-order valence-electron chi connectivity index (χ4n) is 2.75. The molecule has 3 aromatic rings. The van der Waals surface area contributed by atoms with Gasteiger partial charge in [-0.05, 0) is 30.0 Å². The topological polar surface area (TPSA) is 105 Å². The largest absolute Gasteiger partial charge is 0.473 e. The Labute approximate surface area is 152 Å². The Morgan fingerprint density at radius 2 is 2.19 bits per heavy atom. The Morgan fingerprint density at radius 3 is 2.81 bits per heavy atom. The van der Waals surface area contributed by atoms with E-state index in [9.17, 15) is 14.5 Å². The molecule has 0 spiro atoms. The van der Waals surface area contributed by atoms with Crippen LogP contribution in [0.3, 0.4) is 0 Å². The van der Waals surface area contributed by atoms with Crippen molar-refractivity contribution in [1.29, 1.82) is 0 Å². The molecule has 138 valence electrons. The molecule has 0 saturated carbocycles. The Hall–Kier alpha value is -3.56. The van der Waals surface area contributed by atoms with Crippen LogP contribution in [0.15, 0.2) is 42.9 Å². The predicted octanol–water partition coefficient (Wildman–Crippen LogP) is 2.62. The van der Waals surface area contributed by atoms with E-state index in [1.165, 1.54) is 12.3 Å². The van der Waals surface area contributed by atoms with Crippen LogP contribution in [0.4, 0.5) is 10.2 Å². The minimum Gasteiger partial charge on any atom is -0.473 e.